The van der Waals surface area contributed by atoms with E-state index in [2.05, 4.69) is 0 Å². The van der Waals surface area contributed by atoms with Crippen molar-refractivity contribution in [2.45, 2.75) is 25.4 Å². The van der Waals surface area contributed by atoms with Gasteiger partial charge in [0, 0.05) is 5.02 Å². The molecule has 2 nitrogen and oxygen atoms in total. The van der Waals surface area contributed by atoms with E-state index >= 15 is 0 Å². The van der Waals surface area contributed by atoms with Crippen molar-refractivity contribution in [3.05, 3.63) is 34.3 Å². The molecule has 94 valence electrons. The lowest BCUT2D eigenvalue weighted by Crippen LogP contribution is -2.29. The van der Waals surface area contributed by atoms with Crippen LogP contribution in [0, 0.1) is 0 Å². The quantitative estimate of drug-likeness (QED) is 0.886. The highest BCUT2D eigenvalue weighted by atomic mass is 35.5. The number of hydrogen-bond acceptors (Lipinski definition) is 1. The zero-order valence-electron chi connectivity index (χ0n) is 9.10. The van der Waals surface area contributed by atoms with Crippen molar-refractivity contribution < 1.29 is 23.1 Å². The van der Waals surface area contributed by atoms with E-state index in [-0.39, 0.29) is 10.6 Å². The van der Waals surface area contributed by atoms with Crippen molar-refractivity contribution in [2.75, 3.05) is 0 Å². The van der Waals surface area contributed by atoms with Crippen LogP contribution < -0.4 is 0 Å². The number of benzene rings is 1. The molecule has 0 unspecified atom stereocenters. The molecular formula is C11H10ClF3O2. The highest BCUT2D eigenvalue weighted by Crippen LogP contribution is 2.35. The van der Waals surface area contributed by atoms with Crippen LogP contribution in [0.25, 0.3) is 0 Å². The van der Waals surface area contributed by atoms with Crippen LogP contribution in [0.1, 0.15) is 25.0 Å². The van der Waals surface area contributed by atoms with Crippen molar-refractivity contribution in [2.24, 2.45) is 0 Å². The monoisotopic (exact) mass is 266 g/mol. The highest BCUT2D eigenvalue weighted by Gasteiger charge is 2.35. The molecule has 0 radical (unpaired) electrons. The summed E-state index contributed by atoms with van der Waals surface area (Å²) in [5, 5.41) is 8.82. The van der Waals surface area contributed by atoms with Crippen LogP contribution in [-0.4, -0.2) is 11.1 Å². The minimum Gasteiger partial charge on any atom is -0.481 e. The summed E-state index contributed by atoms with van der Waals surface area (Å²) >= 11 is 5.57. The van der Waals surface area contributed by atoms with Crippen molar-refractivity contribution in [1.29, 1.82) is 0 Å². The maximum Gasteiger partial charge on any atom is 0.416 e. The Morgan fingerprint density at radius 2 is 1.65 bits per heavy atom. The molecular weight excluding hydrogens is 257 g/mol. The SMILES string of the molecule is CC(C)(C(=O)O)c1cc(Cl)cc(C(F)(F)F)c1. The molecule has 0 atom stereocenters. The molecule has 0 fully saturated rings. The van der Waals surface area contributed by atoms with Crippen LogP contribution in [-0.2, 0) is 16.4 Å². The van der Waals surface area contributed by atoms with E-state index in [4.69, 9.17) is 16.7 Å². The maximum atomic E-state index is 12.5. The fraction of sp³-hybridized carbons (Fsp3) is 0.364. The maximum absolute atomic E-state index is 12.5. The first kappa shape index (κ1) is 13.8. The molecule has 0 spiro atoms. The molecule has 0 aromatic heterocycles. The normalized spacial score (nSPS) is 12.6. The van der Waals surface area contributed by atoms with Gasteiger partial charge in [-0.1, -0.05) is 11.6 Å². The predicted molar refractivity (Wildman–Crippen MR) is 57.1 cm³/mol. The van der Waals surface area contributed by atoms with Gasteiger partial charge >= 0.3 is 12.1 Å². The topological polar surface area (TPSA) is 37.3 Å². The van der Waals surface area contributed by atoms with Gasteiger partial charge in [-0.2, -0.15) is 13.2 Å². The third-order valence-corrected chi connectivity index (χ3v) is 2.70. The third kappa shape index (κ3) is 2.91. The summed E-state index contributed by atoms with van der Waals surface area (Å²) in [5.41, 5.74) is -2.36. The molecule has 1 aromatic carbocycles. The number of hydrogen-bond donors (Lipinski definition) is 1. The van der Waals surface area contributed by atoms with E-state index in [9.17, 15) is 18.0 Å². The number of carbonyl (C=O) groups is 1. The van der Waals surface area contributed by atoms with Crippen molar-refractivity contribution in [3.63, 3.8) is 0 Å². The van der Waals surface area contributed by atoms with E-state index in [0.29, 0.717) is 0 Å². The minimum absolute atomic E-state index is 0.0184. The Bertz CT molecular complexity index is 453. The highest BCUT2D eigenvalue weighted by molar-refractivity contribution is 6.30. The molecule has 1 aromatic rings. The van der Waals surface area contributed by atoms with Crippen LogP contribution in [0.3, 0.4) is 0 Å². The van der Waals surface area contributed by atoms with Gasteiger partial charge in [-0.25, -0.2) is 0 Å². The van der Waals surface area contributed by atoms with Gasteiger partial charge < -0.3 is 5.11 Å². The second-order valence-corrected chi connectivity index (χ2v) is 4.59. The standard InChI is InChI=1S/C11H10ClF3O2/c1-10(2,9(16)17)6-3-7(11(13,14)15)5-8(12)4-6/h3-5H,1-2H3,(H,16,17). The Morgan fingerprint density at radius 3 is 2.06 bits per heavy atom. The first-order chi connectivity index (χ1) is 7.55. The number of carboxylic acid groups (broad SMARTS) is 1. The molecule has 17 heavy (non-hydrogen) atoms. The van der Waals surface area contributed by atoms with E-state index in [1.807, 2.05) is 0 Å². The van der Waals surface area contributed by atoms with Crippen LogP contribution in [0.15, 0.2) is 18.2 Å². The minimum atomic E-state index is -4.55. The van der Waals surface area contributed by atoms with Gasteiger partial charge in [0.25, 0.3) is 0 Å². The van der Waals surface area contributed by atoms with Gasteiger partial charge in [0.2, 0.25) is 0 Å². The van der Waals surface area contributed by atoms with Gasteiger partial charge in [-0.05, 0) is 37.6 Å². The van der Waals surface area contributed by atoms with E-state index in [1.54, 1.807) is 0 Å². The summed E-state index contributed by atoms with van der Waals surface area (Å²) < 4.78 is 37.6. The summed E-state index contributed by atoms with van der Waals surface area (Å²) in [4.78, 5) is 11.0. The predicted octanol–water partition coefficient (Wildman–Crippen LogP) is 3.72. The van der Waals surface area contributed by atoms with Crippen molar-refractivity contribution >= 4 is 17.6 Å². The first-order valence-corrected chi connectivity index (χ1v) is 5.04. The number of alkyl halides is 3. The van der Waals surface area contributed by atoms with Crippen LogP contribution in [0.2, 0.25) is 5.02 Å². The van der Waals surface area contributed by atoms with Gasteiger partial charge in [0.05, 0.1) is 11.0 Å². The summed E-state index contributed by atoms with van der Waals surface area (Å²) in [6, 6.07) is 2.80. The molecule has 1 rings (SSSR count). The number of halogens is 4. The van der Waals surface area contributed by atoms with E-state index in [1.165, 1.54) is 19.9 Å². The molecule has 0 bridgehead atoms. The van der Waals surface area contributed by atoms with Crippen LogP contribution in [0.5, 0.6) is 0 Å². The molecule has 0 amide bonds. The second kappa shape index (κ2) is 4.22. The van der Waals surface area contributed by atoms with Gasteiger partial charge in [0.15, 0.2) is 0 Å². The molecule has 0 saturated carbocycles. The zero-order chi connectivity index (χ0) is 13.4. The molecule has 0 heterocycles. The summed E-state index contributed by atoms with van der Waals surface area (Å²) in [7, 11) is 0. The fourth-order valence-corrected chi connectivity index (χ4v) is 1.47. The number of aliphatic carboxylic acids is 1. The molecule has 0 aliphatic carbocycles. The Balaban J connectivity index is 3.38. The summed E-state index contributed by atoms with van der Waals surface area (Å²) in [6.45, 7) is 2.64. The molecule has 0 saturated heterocycles. The average Bonchev–Trinajstić information content (AvgIpc) is 2.15. The van der Waals surface area contributed by atoms with Crippen molar-refractivity contribution in [1.82, 2.24) is 0 Å². The van der Waals surface area contributed by atoms with Crippen LogP contribution >= 0.6 is 11.6 Å². The summed E-state index contributed by atoms with van der Waals surface area (Å²) in [5.74, 6) is -1.21. The Kier molecular flexibility index (Phi) is 3.43. The molecule has 6 heteroatoms. The van der Waals surface area contributed by atoms with Gasteiger partial charge in [-0.3, -0.25) is 4.79 Å². The second-order valence-electron chi connectivity index (χ2n) is 4.16. The zero-order valence-corrected chi connectivity index (χ0v) is 9.86. The lowest BCUT2D eigenvalue weighted by atomic mass is 9.84. The van der Waals surface area contributed by atoms with Gasteiger partial charge in [0.1, 0.15) is 0 Å². The lowest BCUT2D eigenvalue weighted by Gasteiger charge is -2.21. The molecule has 1 N–H and O–H groups in total. The van der Waals surface area contributed by atoms with E-state index < -0.39 is 23.1 Å². The average molecular weight is 267 g/mol. The number of rotatable bonds is 2. The van der Waals surface area contributed by atoms with Gasteiger partial charge in [-0.15, -0.1) is 0 Å². The van der Waals surface area contributed by atoms with Crippen LogP contribution in [0.4, 0.5) is 13.2 Å². The third-order valence-electron chi connectivity index (χ3n) is 2.48. The van der Waals surface area contributed by atoms with E-state index in [0.717, 1.165) is 12.1 Å². The Labute approximate surface area is 101 Å². The fourth-order valence-electron chi connectivity index (χ4n) is 1.24. The molecule has 0 aliphatic heterocycles. The lowest BCUT2D eigenvalue weighted by molar-refractivity contribution is -0.143. The Hall–Kier alpha value is -1.23. The smallest absolute Gasteiger partial charge is 0.416 e. The number of carboxylic acids is 1. The van der Waals surface area contributed by atoms with Crippen molar-refractivity contribution in [3.8, 4) is 0 Å². The summed E-state index contributed by atoms with van der Waals surface area (Å²) in [6.07, 6.45) is -4.55. The molecule has 0 aliphatic rings. The Morgan fingerprint density at radius 1 is 1.18 bits per heavy atom. The largest absolute Gasteiger partial charge is 0.481 e. The first-order valence-electron chi connectivity index (χ1n) is 4.67.